The van der Waals surface area contributed by atoms with E-state index in [1.165, 1.54) is 6.92 Å². The molecule has 4 rings (SSSR count). The molecule has 0 unspecified atom stereocenters. The van der Waals surface area contributed by atoms with Crippen LogP contribution in [0.1, 0.15) is 38.8 Å². The van der Waals surface area contributed by atoms with Crippen LogP contribution in [0.2, 0.25) is 0 Å². The van der Waals surface area contributed by atoms with Crippen LogP contribution in [-0.2, 0) is 16.0 Å². The summed E-state index contributed by atoms with van der Waals surface area (Å²) in [5.74, 6) is -2.45. The molecular weight excluding hydrogens is 420 g/mol. The number of rotatable bonds is 7. The highest BCUT2D eigenvalue weighted by Crippen LogP contribution is 2.38. The van der Waals surface area contributed by atoms with Gasteiger partial charge in [-0.1, -0.05) is 66.7 Å². The summed E-state index contributed by atoms with van der Waals surface area (Å²) in [4.78, 5) is 50.0. The Morgan fingerprint density at radius 1 is 0.818 bits per heavy atom. The van der Waals surface area contributed by atoms with Gasteiger partial charge in [-0.15, -0.1) is 0 Å². The first-order chi connectivity index (χ1) is 15.9. The van der Waals surface area contributed by atoms with Gasteiger partial charge in [0.25, 0.3) is 5.91 Å². The number of carbonyl (C=O) groups is 4. The van der Waals surface area contributed by atoms with Crippen LogP contribution < -0.4 is 10.6 Å². The highest BCUT2D eigenvalue weighted by molar-refractivity contribution is 6.24. The minimum Gasteiger partial charge on any atom is -0.480 e. The summed E-state index contributed by atoms with van der Waals surface area (Å²) in [7, 11) is 0. The van der Waals surface area contributed by atoms with E-state index in [1.54, 1.807) is 66.7 Å². The average molecular weight is 442 g/mol. The predicted octanol–water partition coefficient (Wildman–Crippen LogP) is 2.83. The lowest BCUT2D eigenvalue weighted by Gasteiger charge is -2.19. The molecule has 1 aliphatic carbocycles. The lowest BCUT2D eigenvalue weighted by molar-refractivity contribution is -0.142. The summed E-state index contributed by atoms with van der Waals surface area (Å²) in [5, 5.41) is 14.6. The molecule has 0 saturated carbocycles. The molecule has 7 nitrogen and oxygen atoms in total. The maximum absolute atomic E-state index is 13.0. The fourth-order valence-corrected chi connectivity index (χ4v) is 3.95. The molecule has 7 heteroatoms. The minimum atomic E-state index is -1.17. The van der Waals surface area contributed by atoms with Crippen LogP contribution in [0, 0.1) is 0 Å². The van der Waals surface area contributed by atoms with E-state index in [0.717, 1.165) is 5.56 Å². The molecule has 0 bridgehead atoms. The zero-order chi connectivity index (χ0) is 23.5. The highest BCUT2D eigenvalue weighted by atomic mass is 16.4. The summed E-state index contributed by atoms with van der Waals surface area (Å²) in [6.45, 7) is 1.48. The number of amides is 2. The van der Waals surface area contributed by atoms with Gasteiger partial charge in [-0.3, -0.25) is 14.4 Å². The van der Waals surface area contributed by atoms with Crippen molar-refractivity contribution in [3.63, 3.8) is 0 Å². The topological polar surface area (TPSA) is 113 Å². The Kier molecular flexibility index (Phi) is 6.04. The molecule has 0 radical (unpaired) electrons. The number of fused-ring (bicyclic) bond motifs is 3. The Morgan fingerprint density at radius 2 is 1.45 bits per heavy atom. The van der Waals surface area contributed by atoms with Crippen molar-refractivity contribution in [2.45, 2.75) is 25.4 Å². The fraction of sp³-hybridized carbons (Fsp3) is 0.154. The Hall–Kier alpha value is -4.26. The summed E-state index contributed by atoms with van der Waals surface area (Å²) < 4.78 is 0. The van der Waals surface area contributed by atoms with Gasteiger partial charge in [0.05, 0.1) is 0 Å². The first-order valence-electron chi connectivity index (χ1n) is 10.5. The van der Waals surface area contributed by atoms with Gasteiger partial charge < -0.3 is 15.7 Å². The maximum Gasteiger partial charge on any atom is 0.326 e. The van der Waals surface area contributed by atoms with E-state index in [2.05, 4.69) is 10.6 Å². The number of hydrogen-bond acceptors (Lipinski definition) is 4. The van der Waals surface area contributed by atoms with E-state index in [-0.39, 0.29) is 17.8 Å². The Labute approximate surface area is 190 Å². The molecule has 1 aliphatic rings. The van der Waals surface area contributed by atoms with Gasteiger partial charge in [0.15, 0.2) is 5.78 Å². The second-order valence-corrected chi connectivity index (χ2v) is 7.89. The molecule has 0 spiro atoms. The largest absolute Gasteiger partial charge is 0.480 e. The third kappa shape index (κ3) is 4.39. The second-order valence-electron chi connectivity index (χ2n) is 7.89. The monoisotopic (exact) mass is 442 g/mol. The lowest BCUT2D eigenvalue weighted by Crippen LogP contribution is -2.51. The van der Waals surface area contributed by atoms with Crippen LogP contribution in [0.25, 0.3) is 11.1 Å². The SMILES string of the molecule is C[C@H](NC(=O)c1cccc2c1-c1ccccc1C2=O)C(=O)N[C@@H](Cc1ccccc1)C(=O)O. The predicted molar refractivity (Wildman–Crippen MR) is 122 cm³/mol. The number of hydrogen-bond donors (Lipinski definition) is 3. The molecule has 3 N–H and O–H groups in total. The first-order valence-corrected chi connectivity index (χ1v) is 10.5. The van der Waals surface area contributed by atoms with Gasteiger partial charge in [0.1, 0.15) is 12.1 Å². The molecule has 0 saturated heterocycles. The molecule has 0 aromatic heterocycles. The van der Waals surface area contributed by atoms with E-state index < -0.39 is 29.9 Å². The molecule has 33 heavy (non-hydrogen) atoms. The van der Waals surface area contributed by atoms with Crippen molar-refractivity contribution in [3.05, 3.63) is 95.1 Å². The number of carboxylic acid groups (broad SMARTS) is 1. The van der Waals surface area contributed by atoms with Crippen molar-refractivity contribution in [1.82, 2.24) is 10.6 Å². The van der Waals surface area contributed by atoms with Crippen LogP contribution in [0.4, 0.5) is 0 Å². The molecule has 0 heterocycles. The standard InChI is InChI=1S/C26H22N2O5/c1-15(24(30)28-21(26(32)33)14-16-8-3-2-4-9-16)27-25(31)20-13-7-12-19-22(20)17-10-5-6-11-18(17)23(19)29/h2-13,15,21H,14H2,1H3,(H,27,31)(H,28,30)(H,32,33)/t15-,21-/m0/s1. The van der Waals surface area contributed by atoms with Crippen molar-refractivity contribution >= 4 is 23.6 Å². The minimum absolute atomic E-state index is 0.119. The normalized spacial score (nSPS) is 13.4. The van der Waals surface area contributed by atoms with Crippen molar-refractivity contribution in [2.24, 2.45) is 0 Å². The quantitative estimate of drug-likeness (QED) is 0.407. The van der Waals surface area contributed by atoms with Crippen molar-refractivity contribution in [1.29, 1.82) is 0 Å². The lowest BCUT2D eigenvalue weighted by atomic mass is 9.98. The molecule has 3 aromatic carbocycles. The summed E-state index contributed by atoms with van der Waals surface area (Å²) in [6.07, 6.45) is 0.119. The summed E-state index contributed by atoms with van der Waals surface area (Å²) in [5.41, 5.74) is 3.23. The average Bonchev–Trinajstić information content (AvgIpc) is 3.11. The van der Waals surface area contributed by atoms with Crippen molar-refractivity contribution in [3.8, 4) is 11.1 Å². The van der Waals surface area contributed by atoms with Crippen molar-refractivity contribution in [2.75, 3.05) is 0 Å². The van der Waals surface area contributed by atoms with E-state index in [1.807, 2.05) is 6.07 Å². The Bertz CT molecular complexity index is 1250. The molecule has 2 atom stereocenters. The van der Waals surface area contributed by atoms with Crippen LogP contribution in [0.15, 0.2) is 72.8 Å². The van der Waals surface area contributed by atoms with Crippen LogP contribution in [0.3, 0.4) is 0 Å². The Morgan fingerprint density at radius 3 is 2.15 bits per heavy atom. The van der Waals surface area contributed by atoms with Gasteiger partial charge in [0, 0.05) is 28.7 Å². The molecule has 2 amide bonds. The zero-order valence-electron chi connectivity index (χ0n) is 17.9. The molecule has 3 aromatic rings. The maximum atomic E-state index is 13.0. The van der Waals surface area contributed by atoms with Gasteiger partial charge >= 0.3 is 5.97 Å². The van der Waals surface area contributed by atoms with E-state index in [0.29, 0.717) is 22.3 Å². The smallest absolute Gasteiger partial charge is 0.326 e. The molecule has 0 aliphatic heterocycles. The number of carboxylic acids is 1. The van der Waals surface area contributed by atoms with Crippen LogP contribution in [-0.4, -0.2) is 40.8 Å². The summed E-state index contributed by atoms with van der Waals surface area (Å²) in [6, 6.07) is 18.8. The third-order valence-corrected chi connectivity index (χ3v) is 5.63. The number of benzene rings is 3. The zero-order valence-corrected chi connectivity index (χ0v) is 17.9. The van der Waals surface area contributed by atoms with E-state index in [9.17, 15) is 24.3 Å². The van der Waals surface area contributed by atoms with Crippen LogP contribution >= 0.6 is 0 Å². The Balaban J connectivity index is 1.49. The van der Waals surface area contributed by atoms with E-state index >= 15 is 0 Å². The fourth-order valence-electron chi connectivity index (χ4n) is 3.95. The van der Waals surface area contributed by atoms with Crippen molar-refractivity contribution < 1.29 is 24.3 Å². The van der Waals surface area contributed by atoms with Crippen LogP contribution in [0.5, 0.6) is 0 Å². The number of carbonyl (C=O) groups excluding carboxylic acids is 3. The number of nitrogens with one attached hydrogen (secondary N) is 2. The number of aliphatic carboxylic acids is 1. The highest BCUT2D eigenvalue weighted by Gasteiger charge is 2.31. The third-order valence-electron chi connectivity index (χ3n) is 5.63. The number of ketones is 1. The molecular formula is C26H22N2O5. The van der Waals surface area contributed by atoms with E-state index in [4.69, 9.17) is 0 Å². The molecule has 0 fully saturated rings. The van der Waals surface area contributed by atoms with Gasteiger partial charge in [-0.05, 0) is 24.1 Å². The molecule has 166 valence electrons. The first kappa shape index (κ1) is 22.0. The van der Waals surface area contributed by atoms with Gasteiger partial charge in [-0.25, -0.2) is 4.79 Å². The van der Waals surface area contributed by atoms with Gasteiger partial charge in [0.2, 0.25) is 5.91 Å². The summed E-state index contributed by atoms with van der Waals surface area (Å²) >= 11 is 0. The van der Waals surface area contributed by atoms with Gasteiger partial charge in [-0.2, -0.15) is 0 Å². The second kappa shape index (κ2) is 9.08.